The summed E-state index contributed by atoms with van der Waals surface area (Å²) >= 11 is 0. The Morgan fingerprint density at radius 2 is 1.82 bits per heavy atom. The van der Waals surface area contributed by atoms with Crippen molar-refractivity contribution in [2.75, 3.05) is 0 Å². The van der Waals surface area contributed by atoms with Gasteiger partial charge in [0.2, 0.25) is 0 Å². The molecule has 0 saturated heterocycles. The first-order valence-corrected chi connectivity index (χ1v) is 4.79. The van der Waals surface area contributed by atoms with E-state index in [1.165, 1.54) is 19.3 Å². The van der Waals surface area contributed by atoms with E-state index in [9.17, 15) is 0 Å². The van der Waals surface area contributed by atoms with Crippen molar-refractivity contribution in [2.45, 2.75) is 53.9 Å². The van der Waals surface area contributed by atoms with Gasteiger partial charge in [-0.1, -0.05) is 41.0 Å². The lowest BCUT2D eigenvalue weighted by Gasteiger charge is -2.18. The molecule has 0 spiro atoms. The van der Waals surface area contributed by atoms with E-state index in [0.29, 0.717) is 5.41 Å². The van der Waals surface area contributed by atoms with Gasteiger partial charge in [-0.2, -0.15) is 0 Å². The molecule has 0 bridgehead atoms. The van der Waals surface area contributed by atoms with Gasteiger partial charge in [0.1, 0.15) is 0 Å². The molecule has 0 aromatic carbocycles. The summed E-state index contributed by atoms with van der Waals surface area (Å²) in [4.78, 5) is 0. The van der Waals surface area contributed by atoms with Crippen LogP contribution in [-0.2, 0) is 0 Å². The lowest BCUT2D eigenvalue weighted by atomic mass is 9.88. The highest BCUT2D eigenvalue weighted by Gasteiger charge is 2.09. The molecular formula is C11H23. The summed E-state index contributed by atoms with van der Waals surface area (Å²) in [5.41, 5.74) is 0.504. The molecule has 0 rings (SSSR count). The van der Waals surface area contributed by atoms with E-state index >= 15 is 0 Å². The average molecular weight is 155 g/mol. The predicted molar refractivity (Wildman–Crippen MR) is 52.4 cm³/mol. The molecule has 0 aromatic rings. The van der Waals surface area contributed by atoms with Gasteiger partial charge < -0.3 is 0 Å². The third-order valence-corrected chi connectivity index (χ3v) is 2.11. The van der Waals surface area contributed by atoms with Gasteiger partial charge in [0, 0.05) is 0 Å². The van der Waals surface area contributed by atoms with Crippen LogP contribution in [0.15, 0.2) is 0 Å². The second kappa shape index (κ2) is 4.79. The monoisotopic (exact) mass is 155 g/mol. The Balaban J connectivity index is 3.28. The Kier molecular flexibility index (Phi) is 4.79. The summed E-state index contributed by atoms with van der Waals surface area (Å²) in [6, 6.07) is 0. The summed E-state index contributed by atoms with van der Waals surface area (Å²) in [5.74, 6) is 0.803. The van der Waals surface area contributed by atoms with E-state index in [1.807, 2.05) is 0 Å². The lowest BCUT2D eigenvalue weighted by Crippen LogP contribution is -2.05. The van der Waals surface area contributed by atoms with Crippen molar-refractivity contribution < 1.29 is 0 Å². The smallest absolute Gasteiger partial charge is 0.0357 e. The highest BCUT2D eigenvalue weighted by molar-refractivity contribution is 4.74. The third kappa shape index (κ3) is 7.90. The molecule has 0 aliphatic rings. The first-order valence-electron chi connectivity index (χ1n) is 4.79. The van der Waals surface area contributed by atoms with Crippen LogP contribution >= 0.6 is 0 Å². The zero-order valence-corrected chi connectivity index (χ0v) is 8.78. The lowest BCUT2D eigenvalue weighted by molar-refractivity contribution is 0.368. The Morgan fingerprint density at radius 3 is 2.18 bits per heavy atom. The van der Waals surface area contributed by atoms with E-state index in [4.69, 9.17) is 0 Å². The van der Waals surface area contributed by atoms with E-state index in [-0.39, 0.29) is 0 Å². The van der Waals surface area contributed by atoms with Gasteiger partial charge in [-0.15, -0.1) is 0 Å². The summed E-state index contributed by atoms with van der Waals surface area (Å²) < 4.78 is 0. The fourth-order valence-electron chi connectivity index (χ4n) is 0.968. The van der Waals surface area contributed by atoms with Gasteiger partial charge in [0.05, 0.1) is 0 Å². The van der Waals surface area contributed by atoms with Crippen molar-refractivity contribution in [3.63, 3.8) is 0 Å². The van der Waals surface area contributed by atoms with Crippen LogP contribution in [0.25, 0.3) is 0 Å². The molecule has 0 fully saturated rings. The van der Waals surface area contributed by atoms with Gasteiger partial charge in [0.15, 0.2) is 0 Å². The Bertz CT molecular complexity index is 86.7. The molecule has 0 aliphatic carbocycles. The average Bonchev–Trinajstić information content (AvgIpc) is 1.85. The minimum Gasteiger partial charge on any atom is -0.0651 e. The van der Waals surface area contributed by atoms with Crippen LogP contribution in [0.5, 0.6) is 0 Å². The molecule has 0 aromatic heterocycles. The van der Waals surface area contributed by atoms with E-state index < -0.39 is 0 Å². The van der Waals surface area contributed by atoms with Gasteiger partial charge in [-0.05, 0) is 30.6 Å². The van der Waals surface area contributed by atoms with Crippen LogP contribution in [0.4, 0.5) is 0 Å². The zero-order chi connectivity index (χ0) is 8.91. The maximum atomic E-state index is 2.45. The fraction of sp³-hybridized carbons (Fsp3) is 0.909. The zero-order valence-electron chi connectivity index (χ0n) is 8.78. The molecule has 1 radical (unpaired) electrons. The molecule has 1 unspecified atom stereocenters. The van der Waals surface area contributed by atoms with Crippen LogP contribution in [0.2, 0.25) is 0 Å². The van der Waals surface area contributed by atoms with Crippen LogP contribution in [0.1, 0.15) is 53.9 Å². The topological polar surface area (TPSA) is 0 Å². The Morgan fingerprint density at radius 1 is 1.27 bits per heavy atom. The van der Waals surface area contributed by atoms with E-state index in [1.54, 1.807) is 0 Å². The van der Waals surface area contributed by atoms with Crippen molar-refractivity contribution in [1.29, 1.82) is 0 Å². The molecule has 0 nitrogen and oxygen atoms in total. The predicted octanol–water partition coefficient (Wildman–Crippen LogP) is 4.06. The standard InChI is InChI=1S/C11H23/c1-6-10(2)8-7-9-11(3,4)5/h8,10H,6-7,9H2,1-5H3. The minimum absolute atomic E-state index is 0.504. The molecule has 0 saturated carbocycles. The summed E-state index contributed by atoms with van der Waals surface area (Å²) in [5, 5.41) is 0. The van der Waals surface area contributed by atoms with Crippen LogP contribution < -0.4 is 0 Å². The van der Waals surface area contributed by atoms with Crippen molar-refractivity contribution >= 4 is 0 Å². The van der Waals surface area contributed by atoms with Crippen molar-refractivity contribution in [1.82, 2.24) is 0 Å². The fourth-order valence-corrected chi connectivity index (χ4v) is 0.968. The van der Waals surface area contributed by atoms with E-state index in [2.05, 4.69) is 41.0 Å². The second-order valence-electron chi connectivity index (χ2n) is 4.72. The van der Waals surface area contributed by atoms with Crippen molar-refractivity contribution in [2.24, 2.45) is 11.3 Å². The molecule has 11 heavy (non-hydrogen) atoms. The largest absolute Gasteiger partial charge is 0.0651 e. The van der Waals surface area contributed by atoms with Gasteiger partial charge in [-0.25, -0.2) is 0 Å². The molecule has 0 heterocycles. The molecule has 0 N–H and O–H groups in total. The highest BCUT2D eigenvalue weighted by atomic mass is 14.2. The molecular weight excluding hydrogens is 132 g/mol. The van der Waals surface area contributed by atoms with E-state index in [0.717, 1.165) is 5.92 Å². The Hall–Kier alpha value is 0. The minimum atomic E-state index is 0.504. The molecule has 1 atom stereocenters. The van der Waals surface area contributed by atoms with Gasteiger partial charge in [0.25, 0.3) is 0 Å². The Labute approximate surface area is 72.4 Å². The van der Waals surface area contributed by atoms with Gasteiger partial charge in [-0.3, -0.25) is 0 Å². The summed E-state index contributed by atoms with van der Waals surface area (Å²) in [6.07, 6.45) is 6.32. The quantitative estimate of drug-likeness (QED) is 0.574. The third-order valence-electron chi connectivity index (χ3n) is 2.11. The SMILES string of the molecule is CCC(C)[CH]CCC(C)(C)C. The molecule has 0 heteroatoms. The maximum absolute atomic E-state index is 2.45. The number of hydrogen-bond acceptors (Lipinski definition) is 0. The van der Waals surface area contributed by atoms with Crippen LogP contribution in [0.3, 0.4) is 0 Å². The number of hydrogen-bond donors (Lipinski definition) is 0. The molecule has 0 amide bonds. The molecule has 0 aliphatic heterocycles. The van der Waals surface area contributed by atoms with Crippen LogP contribution in [0, 0.1) is 17.8 Å². The van der Waals surface area contributed by atoms with Crippen molar-refractivity contribution in [3.8, 4) is 0 Å². The van der Waals surface area contributed by atoms with Crippen LogP contribution in [-0.4, -0.2) is 0 Å². The summed E-state index contributed by atoms with van der Waals surface area (Å²) in [7, 11) is 0. The first-order chi connectivity index (χ1) is 4.95. The highest BCUT2D eigenvalue weighted by Crippen LogP contribution is 2.23. The van der Waals surface area contributed by atoms with Crippen molar-refractivity contribution in [3.05, 3.63) is 6.42 Å². The normalized spacial score (nSPS) is 15.0. The number of rotatable bonds is 4. The molecule has 67 valence electrons. The van der Waals surface area contributed by atoms with Gasteiger partial charge >= 0.3 is 0 Å². The second-order valence-corrected chi connectivity index (χ2v) is 4.72. The summed E-state index contributed by atoms with van der Waals surface area (Å²) in [6.45, 7) is 11.5. The first kappa shape index (κ1) is 11.0. The maximum Gasteiger partial charge on any atom is -0.0357 e.